The first-order valence-electron chi connectivity index (χ1n) is 20.9. The Hall–Kier alpha value is -1.11. The molecule has 0 amide bonds. The maximum Gasteiger partial charge on any atom is 0.472 e. The van der Waals surface area contributed by atoms with Gasteiger partial charge in [0.1, 0.15) is 25.5 Å². The number of nitrogens with zero attached hydrogens (tertiary/aromatic N) is 2. The van der Waals surface area contributed by atoms with Gasteiger partial charge in [0.25, 0.3) is 0 Å². The van der Waals surface area contributed by atoms with Crippen LogP contribution in [0.15, 0.2) is 0 Å². The summed E-state index contributed by atoms with van der Waals surface area (Å²) in [4.78, 5) is 35.3. The highest BCUT2D eigenvalue weighted by Gasteiger charge is 2.51. The molecule has 313 valence electrons. The van der Waals surface area contributed by atoms with E-state index in [1.807, 2.05) is 41.9 Å². The molecule has 0 spiro atoms. The van der Waals surface area contributed by atoms with Crippen LogP contribution < -0.4 is 0 Å². The molecule has 0 aliphatic carbocycles. The number of carbonyl (C=O) groups is 2. The lowest BCUT2D eigenvalue weighted by atomic mass is 9.98. The number of hydrogen-bond donors (Lipinski definition) is 1. The number of hydroxylamine groups is 2. The maximum atomic E-state index is 12.8. The third-order valence-electron chi connectivity index (χ3n) is 10.0. The summed E-state index contributed by atoms with van der Waals surface area (Å²) in [6, 6.07) is 0. The van der Waals surface area contributed by atoms with Crippen molar-refractivity contribution < 1.29 is 52.0 Å². The molecule has 1 saturated heterocycles. The number of phosphoric acid groups is 1. The Morgan fingerprint density at radius 3 is 1.72 bits per heavy atom. The molecular formula is C40H79N2O10P+. The SMILES string of the molecule is CCCCCCCCCCCCCC(=O)OCC(COP(=O)(O)OCC[N+](C)(C)C)OC(=O)CCCCCCCCCC[C@@]1(CC)OCC(C)(C)N1[O]. The van der Waals surface area contributed by atoms with Crippen molar-refractivity contribution >= 4 is 19.8 Å². The summed E-state index contributed by atoms with van der Waals surface area (Å²) in [5.41, 5.74) is -1.16. The Balaban J connectivity index is 2.36. The molecule has 13 heteroatoms. The number of ether oxygens (including phenoxy) is 3. The molecule has 1 aliphatic rings. The van der Waals surface area contributed by atoms with E-state index in [1.54, 1.807) is 0 Å². The molecule has 12 nitrogen and oxygen atoms in total. The summed E-state index contributed by atoms with van der Waals surface area (Å²) in [5.74, 6) is -0.852. The second kappa shape index (κ2) is 27.5. The molecular weight excluding hydrogens is 699 g/mol. The Kier molecular flexibility index (Phi) is 25.9. The Labute approximate surface area is 323 Å². The van der Waals surface area contributed by atoms with Gasteiger partial charge in [-0.1, -0.05) is 117 Å². The summed E-state index contributed by atoms with van der Waals surface area (Å²) < 4.78 is 40.2. The topological polar surface area (TPSA) is 141 Å². The van der Waals surface area contributed by atoms with Gasteiger partial charge in [-0.2, -0.15) is 0 Å². The van der Waals surface area contributed by atoms with E-state index < -0.39 is 37.8 Å². The number of hydrogen-bond acceptors (Lipinski definition) is 9. The second-order valence-corrected chi connectivity index (χ2v) is 18.2. The van der Waals surface area contributed by atoms with Crippen LogP contribution in [0.3, 0.4) is 0 Å². The van der Waals surface area contributed by atoms with Crippen molar-refractivity contribution in [2.75, 3.05) is 54.1 Å². The number of unbranched alkanes of at least 4 members (excludes halogenated alkanes) is 17. The molecule has 1 radical (unpaired) electrons. The summed E-state index contributed by atoms with van der Waals surface area (Å²) >= 11 is 0. The third kappa shape index (κ3) is 24.2. The molecule has 0 saturated carbocycles. The monoisotopic (exact) mass is 779 g/mol. The van der Waals surface area contributed by atoms with Crippen molar-refractivity contribution in [2.24, 2.45) is 0 Å². The maximum absolute atomic E-state index is 12.8. The Bertz CT molecular complexity index is 1020. The van der Waals surface area contributed by atoms with E-state index in [1.165, 1.54) is 56.4 Å². The zero-order valence-electron chi connectivity index (χ0n) is 34.8. The molecule has 1 aliphatic heterocycles. The first-order chi connectivity index (χ1) is 25.1. The van der Waals surface area contributed by atoms with Crippen molar-refractivity contribution in [3.63, 3.8) is 0 Å². The van der Waals surface area contributed by atoms with Gasteiger partial charge in [0, 0.05) is 12.8 Å². The number of likely N-dealkylation sites (N-methyl/N-ethyl adjacent to an activating group) is 1. The lowest BCUT2D eigenvalue weighted by Crippen LogP contribution is -2.49. The van der Waals surface area contributed by atoms with E-state index in [0.29, 0.717) is 30.5 Å². The lowest BCUT2D eigenvalue weighted by molar-refractivity contribution is -0.870. The number of esters is 2. The highest BCUT2D eigenvalue weighted by Crippen LogP contribution is 2.43. The van der Waals surface area contributed by atoms with Crippen LogP contribution in [0, 0.1) is 0 Å². The number of carbonyl (C=O) groups excluding carboxylic acids is 2. The molecule has 2 unspecified atom stereocenters. The van der Waals surface area contributed by atoms with Crippen LogP contribution in [0.1, 0.15) is 175 Å². The highest BCUT2D eigenvalue weighted by molar-refractivity contribution is 7.47. The van der Waals surface area contributed by atoms with E-state index in [9.17, 15) is 24.3 Å². The summed E-state index contributed by atoms with van der Waals surface area (Å²) in [5, 5.41) is 13.9. The number of phosphoric ester groups is 1. The largest absolute Gasteiger partial charge is 0.472 e. The summed E-state index contributed by atoms with van der Waals surface area (Å²) in [7, 11) is 1.42. The smallest absolute Gasteiger partial charge is 0.462 e. The van der Waals surface area contributed by atoms with Gasteiger partial charge < -0.3 is 23.6 Å². The number of quaternary nitrogens is 1. The van der Waals surface area contributed by atoms with Gasteiger partial charge in [-0.05, 0) is 46.0 Å². The van der Waals surface area contributed by atoms with E-state index in [2.05, 4.69) is 6.92 Å². The van der Waals surface area contributed by atoms with Gasteiger partial charge >= 0.3 is 19.8 Å². The summed E-state index contributed by atoms with van der Waals surface area (Å²) in [6.07, 6.45) is 21.7. The minimum atomic E-state index is -4.39. The lowest BCUT2D eigenvalue weighted by Gasteiger charge is -2.34. The van der Waals surface area contributed by atoms with Crippen LogP contribution in [0.25, 0.3) is 0 Å². The fraction of sp³-hybridized carbons (Fsp3) is 0.950. The molecule has 1 rings (SSSR count). The fourth-order valence-electron chi connectivity index (χ4n) is 6.50. The minimum Gasteiger partial charge on any atom is -0.462 e. The van der Waals surface area contributed by atoms with Crippen molar-refractivity contribution in [1.29, 1.82) is 0 Å². The van der Waals surface area contributed by atoms with Gasteiger partial charge in [-0.3, -0.25) is 18.6 Å². The second-order valence-electron chi connectivity index (χ2n) is 16.7. The molecule has 0 bridgehead atoms. The zero-order valence-corrected chi connectivity index (χ0v) is 35.7. The van der Waals surface area contributed by atoms with E-state index >= 15 is 0 Å². The van der Waals surface area contributed by atoms with Gasteiger partial charge in [-0.15, -0.1) is 10.3 Å². The van der Waals surface area contributed by atoms with Crippen LogP contribution >= 0.6 is 7.82 Å². The molecule has 53 heavy (non-hydrogen) atoms. The van der Waals surface area contributed by atoms with Crippen LogP contribution in [0.2, 0.25) is 0 Å². The van der Waals surface area contributed by atoms with Crippen LogP contribution in [-0.2, 0) is 42.6 Å². The van der Waals surface area contributed by atoms with Crippen molar-refractivity contribution in [2.45, 2.75) is 193 Å². The van der Waals surface area contributed by atoms with Crippen molar-refractivity contribution in [3.8, 4) is 0 Å². The fourth-order valence-corrected chi connectivity index (χ4v) is 7.25. The first-order valence-corrected chi connectivity index (χ1v) is 22.4. The quantitative estimate of drug-likeness (QED) is 0.0291. The van der Waals surface area contributed by atoms with Gasteiger partial charge in [0.2, 0.25) is 0 Å². The third-order valence-corrected chi connectivity index (χ3v) is 11.0. The van der Waals surface area contributed by atoms with Gasteiger partial charge in [0.15, 0.2) is 6.10 Å². The van der Waals surface area contributed by atoms with Crippen LogP contribution in [0.4, 0.5) is 0 Å². The standard InChI is InChI=1S/C40H78N2O10P/c1-8-10-11-12-13-14-15-16-19-22-25-28-37(43)48-33-36(34-51-53(46,47)50-32-31-42(5,6)7)52-38(44)29-26-23-20-17-18-21-24-27-30-40(9-2)41(45)39(3,4)35-49-40/h36H,8-35H2,1-7H3/p+1/t36?,40-/m1/s1. The molecule has 0 aromatic heterocycles. The zero-order chi connectivity index (χ0) is 39.6. The predicted octanol–water partition coefficient (Wildman–Crippen LogP) is 9.45. The van der Waals surface area contributed by atoms with Gasteiger partial charge in [-0.25, -0.2) is 4.57 Å². The van der Waals surface area contributed by atoms with Crippen molar-refractivity contribution in [3.05, 3.63) is 0 Å². The van der Waals surface area contributed by atoms with E-state index in [4.69, 9.17) is 23.3 Å². The van der Waals surface area contributed by atoms with Gasteiger partial charge in [0.05, 0.1) is 39.9 Å². The molecule has 1 heterocycles. The van der Waals surface area contributed by atoms with Crippen LogP contribution in [-0.4, -0.2) is 97.9 Å². The average molecular weight is 779 g/mol. The van der Waals surface area contributed by atoms with Crippen LogP contribution in [0.5, 0.6) is 0 Å². The predicted molar refractivity (Wildman–Crippen MR) is 208 cm³/mol. The first kappa shape index (κ1) is 49.9. The number of rotatable bonds is 34. The molecule has 0 aromatic carbocycles. The normalized spacial score (nSPS) is 19.3. The van der Waals surface area contributed by atoms with E-state index in [-0.39, 0.29) is 32.0 Å². The van der Waals surface area contributed by atoms with Crippen molar-refractivity contribution in [1.82, 2.24) is 5.06 Å². The Morgan fingerprint density at radius 2 is 1.25 bits per heavy atom. The van der Waals surface area contributed by atoms with E-state index in [0.717, 1.165) is 70.6 Å². The molecule has 1 N–H and O–H groups in total. The highest BCUT2D eigenvalue weighted by atomic mass is 31.2. The Morgan fingerprint density at radius 1 is 0.755 bits per heavy atom. The minimum absolute atomic E-state index is 0.0167. The molecule has 0 aromatic rings. The molecule has 3 atom stereocenters. The summed E-state index contributed by atoms with van der Waals surface area (Å²) in [6.45, 7) is 8.42. The average Bonchev–Trinajstić information content (AvgIpc) is 3.32. The molecule has 1 fully saturated rings.